The Morgan fingerprint density at radius 1 is 1.35 bits per heavy atom. The third-order valence-electron chi connectivity index (χ3n) is 3.56. The molecule has 0 aromatic heterocycles. The standard InChI is InChI=1S/C14H21ClN4O/c1-3-14(20)17-12-9-13(11(16)8-10(12)15)19-6-4-18(2)5-7-19/h8-9H,3-7,16H2,1-2H3,(H,17,20). The molecule has 0 unspecified atom stereocenters. The van der Waals surface area contributed by atoms with Gasteiger partial charge in [0.05, 0.1) is 22.1 Å². The number of nitrogens with one attached hydrogen (secondary N) is 1. The first kappa shape index (κ1) is 14.9. The van der Waals surface area contributed by atoms with Gasteiger partial charge in [0.1, 0.15) is 0 Å². The zero-order valence-corrected chi connectivity index (χ0v) is 12.7. The number of carbonyl (C=O) groups is 1. The molecule has 1 aromatic carbocycles. The Morgan fingerprint density at radius 2 is 2.00 bits per heavy atom. The van der Waals surface area contributed by atoms with Gasteiger partial charge >= 0.3 is 0 Å². The van der Waals surface area contributed by atoms with Gasteiger partial charge in [-0.25, -0.2) is 0 Å². The Bertz CT molecular complexity index is 498. The van der Waals surface area contributed by atoms with E-state index in [9.17, 15) is 4.79 Å². The molecule has 1 aliphatic rings. The molecule has 0 radical (unpaired) electrons. The molecular formula is C14H21ClN4O. The zero-order valence-electron chi connectivity index (χ0n) is 11.9. The largest absolute Gasteiger partial charge is 0.397 e. The van der Waals surface area contributed by atoms with Crippen molar-refractivity contribution < 1.29 is 4.79 Å². The molecule has 1 heterocycles. The molecule has 1 aliphatic heterocycles. The summed E-state index contributed by atoms with van der Waals surface area (Å²) in [6.45, 7) is 5.65. The number of nitrogen functional groups attached to an aromatic ring is 1. The second-order valence-corrected chi connectivity index (χ2v) is 5.49. The molecule has 5 nitrogen and oxygen atoms in total. The Labute approximate surface area is 124 Å². The van der Waals surface area contributed by atoms with Crippen LogP contribution in [0.15, 0.2) is 12.1 Å². The minimum Gasteiger partial charge on any atom is -0.397 e. The lowest BCUT2D eigenvalue weighted by Gasteiger charge is -2.35. The lowest BCUT2D eigenvalue weighted by atomic mass is 10.2. The summed E-state index contributed by atoms with van der Waals surface area (Å²) in [7, 11) is 2.11. The molecule has 0 saturated carbocycles. The monoisotopic (exact) mass is 296 g/mol. The topological polar surface area (TPSA) is 61.6 Å². The van der Waals surface area contributed by atoms with Crippen molar-refractivity contribution in [1.29, 1.82) is 0 Å². The van der Waals surface area contributed by atoms with Crippen LogP contribution in [0.1, 0.15) is 13.3 Å². The average Bonchev–Trinajstić information content (AvgIpc) is 2.43. The van der Waals surface area contributed by atoms with Crippen LogP contribution in [-0.4, -0.2) is 44.0 Å². The van der Waals surface area contributed by atoms with E-state index < -0.39 is 0 Å². The highest BCUT2D eigenvalue weighted by Crippen LogP contribution is 2.34. The van der Waals surface area contributed by atoms with Crippen LogP contribution in [0.2, 0.25) is 5.02 Å². The molecule has 1 amide bonds. The number of carbonyl (C=O) groups excluding carboxylic acids is 1. The van der Waals surface area contributed by atoms with Crippen LogP contribution in [-0.2, 0) is 4.79 Å². The normalized spacial score (nSPS) is 16.2. The van der Waals surface area contributed by atoms with Crippen molar-refractivity contribution in [2.75, 3.05) is 49.2 Å². The van der Waals surface area contributed by atoms with E-state index in [2.05, 4.69) is 22.2 Å². The molecule has 3 N–H and O–H groups in total. The van der Waals surface area contributed by atoms with Gasteiger partial charge in [-0.3, -0.25) is 4.79 Å². The second kappa shape index (κ2) is 6.33. The van der Waals surface area contributed by atoms with Gasteiger partial charge in [-0.1, -0.05) is 18.5 Å². The van der Waals surface area contributed by atoms with E-state index in [1.165, 1.54) is 0 Å². The van der Waals surface area contributed by atoms with Crippen molar-refractivity contribution in [3.63, 3.8) is 0 Å². The third-order valence-corrected chi connectivity index (χ3v) is 3.87. The highest BCUT2D eigenvalue weighted by atomic mass is 35.5. The summed E-state index contributed by atoms with van der Waals surface area (Å²) in [4.78, 5) is 16.0. The Kier molecular flexibility index (Phi) is 4.73. The first-order valence-corrected chi connectivity index (χ1v) is 7.21. The van der Waals surface area contributed by atoms with Crippen molar-refractivity contribution in [2.45, 2.75) is 13.3 Å². The highest BCUT2D eigenvalue weighted by Gasteiger charge is 2.18. The highest BCUT2D eigenvalue weighted by molar-refractivity contribution is 6.34. The summed E-state index contributed by atoms with van der Waals surface area (Å²) in [5.41, 5.74) is 8.28. The number of rotatable bonds is 3. The number of piperazine rings is 1. The first-order chi connectivity index (χ1) is 9.51. The second-order valence-electron chi connectivity index (χ2n) is 5.08. The van der Waals surface area contributed by atoms with Gasteiger partial charge in [-0.15, -0.1) is 0 Å². The van der Waals surface area contributed by atoms with Crippen LogP contribution in [0, 0.1) is 0 Å². The molecule has 2 rings (SSSR count). The predicted molar refractivity (Wildman–Crippen MR) is 84.5 cm³/mol. The fourth-order valence-corrected chi connectivity index (χ4v) is 2.45. The summed E-state index contributed by atoms with van der Waals surface area (Å²) in [6, 6.07) is 3.58. The Hall–Kier alpha value is -1.46. The maximum Gasteiger partial charge on any atom is 0.224 e. The van der Waals surface area contributed by atoms with Crippen molar-refractivity contribution in [1.82, 2.24) is 4.90 Å². The molecule has 110 valence electrons. The van der Waals surface area contributed by atoms with E-state index in [1.807, 2.05) is 13.0 Å². The molecule has 0 aliphatic carbocycles. The molecule has 1 aromatic rings. The molecule has 1 saturated heterocycles. The predicted octanol–water partition coefficient (Wildman–Crippen LogP) is 2.02. The van der Waals surface area contributed by atoms with E-state index in [0.29, 0.717) is 22.8 Å². The molecule has 1 fully saturated rings. The number of nitrogens with two attached hydrogens (primary N) is 1. The van der Waals surface area contributed by atoms with Crippen LogP contribution >= 0.6 is 11.6 Å². The summed E-state index contributed by atoms with van der Waals surface area (Å²) in [5.74, 6) is -0.0546. The number of amides is 1. The van der Waals surface area contributed by atoms with Crippen molar-refractivity contribution in [2.24, 2.45) is 0 Å². The van der Waals surface area contributed by atoms with Gasteiger partial charge in [0.25, 0.3) is 0 Å². The van der Waals surface area contributed by atoms with Crippen molar-refractivity contribution in [3.05, 3.63) is 17.2 Å². The van der Waals surface area contributed by atoms with Gasteiger partial charge in [0.2, 0.25) is 5.91 Å². The maximum absolute atomic E-state index is 11.5. The minimum atomic E-state index is -0.0546. The van der Waals surface area contributed by atoms with Gasteiger partial charge in [-0.05, 0) is 19.2 Å². The van der Waals surface area contributed by atoms with Crippen LogP contribution in [0.5, 0.6) is 0 Å². The zero-order chi connectivity index (χ0) is 14.7. The number of halogens is 1. The number of hydrogen-bond acceptors (Lipinski definition) is 4. The van der Waals surface area contributed by atoms with E-state index in [1.54, 1.807) is 6.07 Å². The lowest BCUT2D eigenvalue weighted by molar-refractivity contribution is -0.115. The fourth-order valence-electron chi connectivity index (χ4n) is 2.23. The molecule has 20 heavy (non-hydrogen) atoms. The van der Waals surface area contributed by atoms with Gasteiger partial charge in [0, 0.05) is 32.6 Å². The van der Waals surface area contributed by atoms with Crippen LogP contribution in [0.4, 0.5) is 17.1 Å². The maximum atomic E-state index is 11.5. The summed E-state index contributed by atoms with van der Waals surface area (Å²) in [6.07, 6.45) is 0.421. The number of likely N-dealkylation sites (N-methyl/N-ethyl adjacent to an activating group) is 1. The lowest BCUT2D eigenvalue weighted by Crippen LogP contribution is -2.44. The molecule has 6 heteroatoms. The van der Waals surface area contributed by atoms with E-state index in [-0.39, 0.29) is 5.91 Å². The first-order valence-electron chi connectivity index (χ1n) is 6.83. The minimum absolute atomic E-state index is 0.0546. The Morgan fingerprint density at radius 3 is 2.60 bits per heavy atom. The average molecular weight is 297 g/mol. The van der Waals surface area contributed by atoms with Crippen molar-refractivity contribution >= 4 is 34.6 Å². The van der Waals surface area contributed by atoms with E-state index in [0.717, 1.165) is 31.9 Å². The van der Waals surface area contributed by atoms with Crippen LogP contribution < -0.4 is 16.0 Å². The smallest absolute Gasteiger partial charge is 0.224 e. The van der Waals surface area contributed by atoms with E-state index >= 15 is 0 Å². The van der Waals surface area contributed by atoms with Gasteiger partial charge in [-0.2, -0.15) is 0 Å². The number of nitrogens with zero attached hydrogens (tertiary/aromatic N) is 2. The summed E-state index contributed by atoms with van der Waals surface area (Å²) >= 11 is 6.14. The van der Waals surface area contributed by atoms with E-state index in [4.69, 9.17) is 17.3 Å². The summed E-state index contributed by atoms with van der Waals surface area (Å²) in [5, 5.41) is 3.29. The molecule has 0 spiro atoms. The number of hydrogen-bond donors (Lipinski definition) is 2. The van der Waals surface area contributed by atoms with Gasteiger partial charge < -0.3 is 20.9 Å². The number of anilines is 3. The SMILES string of the molecule is CCC(=O)Nc1cc(N2CCN(C)CC2)c(N)cc1Cl. The van der Waals surface area contributed by atoms with Crippen LogP contribution in [0.25, 0.3) is 0 Å². The third kappa shape index (κ3) is 3.35. The summed E-state index contributed by atoms with van der Waals surface area (Å²) < 4.78 is 0. The molecule has 0 bridgehead atoms. The van der Waals surface area contributed by atoms with Crippen LogP contribution in [0.3, 0.4) is 0 Å². The number of benzene rings is 1. The Balaban J connectivity index is 2.24. The quantitative estimate of drug-likeness (QED) is 0.838. The molecular weight excluding hydrogens is 276 g/mol. The molecule has 0 atom stereocenters. The fraction of sp³-hybridized carbons (Fsp3) is 0.500. The van der Waals surface area contributed by atoms with Crippen molar-refractivity contribution in [3.8, 4) is 0 Å². The van der Waals surface area contributed by atoms with Gasteiger partial charge in [0.15, 0.2) is 0 Å².